The van der Waals surface area contributed by atoms with Crippen molar-refractivity contribution in [2.24, 2.45) is 0 Å². The third-order valence-corrected chi connectivity index (χ3v) is 2.23. The molecule has 106 valence electrons. The third-order valence-electron chi connectivity index (χ3n) is 2.23. The highest BCUT2D eigenvalue weighted by molar-refractivity contribution is 5.90. The summed E-state index contributed by atoms with van der Waals surface area (Å²) in [7, 11) is 0. The summed E-state index contributed by atoms with van der Waals surface area (Å²) in [5.41, 5.74) is 0.614. The predicted octanol–water partition coefficient (Wildman–Crippen LogP) is 1.63. The fourth-order valence-electron chi connectivity index (χ4n) is 1.39. The fourth-order valence-corrected chi connectivity index (χ4v) is 1.39. The van der Waals surface area contributed by atoms with Crippen molar-refractivity contribution >= 4 is 5.91 Å². The molecule has 9 heteroatoms. The van der Waals surface area contributed by atoms with Gasteiger partial charge < -0.3 is 10.1 Å². The second-order valence-corrected chi connectivity index (χ2v) is 3.70. The number of H-pyrrole nitrogens is 1. The molecule has 0 unspecified atom stereocenters. The van der Waals surface area contributed by atoms with E-state index in [1.165, 1.54) is 30.6 Å². The van der Waals surface area contributed by atoms with Crippen LogP contribution in [0.5, 0.6) is 5.75 Å². The molecule has 1 heterocycles. The van der Waals surface area contributed by atoms with Gasteiger partial charge in [-0.15, -0.1) is 18.3 Å². The molecule has 0 aliphatic rings. The Hall–Kier alpha value is -2.58. The lowest BCUT2D eigenvalue weighted by Crippen LogP contribution is -2.24. The average Bonchev–Trinajstić information content (AvgIpc) is 2.89. The number of rotatable bonds is 4. The SMILES string of the molecule is O=C(NCc1ccc(OC(F)(F)F)cc1)c1nc[nH]n1. The van der Waals surface area contributed by atoms with E-state index < -0.39 is 12.3 Å². The van der Waals surface area contributed by atoms with Gasteiger partial charge in [0.05, 0.1) is 0 Å². The zero-order valence-corrected chi connectivity index (χ0v) is 9.94. The minimum atomic E-state index is -4.72. The maximum atomic E-state index is 12.0. The van der Waals surface area contributed by atoms with Crippen LogP contribution < -0.4 is 10.1 Å². The number of alkyl halides is 3. The molecule has 1 aromatic heterocycles. The summed E-state index contributed by atoms with van der Waals surface area (Å²) in [5.74, 6) is -0.814. The van der Waals surface area contributed by atoms with Crippen LogP contribution in [0.15, 0.2) is 30.6 Å². The van der Waals surface area contributed by atoms with Crippen molar-refractivity contribution in [1.29, 1.82) is 0 Å². The number of amides is 1. The number of benzene rings is 1. The van der Waals surface area contributed by atoms with Gasteiger partial charge in [-0.25, -0.2) is 4.98 Å². The van der Waals surface area contributed by atoms with Gasteiger partial charge in [-0.05, 0) is 17.7 Å². The number of carbonyl (C=O) groups is 1. The highest BCUT2D eigenvalue weighted by Gasteiger charge is 2.30. The lowest BCUT2D eigenvalue weighted by Gasteiger charge is -2.09. The molecule has 0 spiro atoms. The van der Waals surface area contributed by atoms with Gasteiger partial charge >= 0.3 is 6.36 Å². The Morgan fingerprint density at radius 3 is 2.55 bits per heavy atom. The van der Waals surface area contributed by atoms with E-state index in [1.54, 1.807) is 0 Å². The van der Waals surface area contributed by atoms with Gasteiger partial charge in [0, 0.05) is 6.54 Å². The van der Waals surface area contributed by atoms with Crippen molar-refractivity contribution in [3.8, 4) is 5.75 Å². The maximum Gasteiger partial charge on any atom is 0.573 e. The van der Waals surface area contributed by atoms with Crippen LogP contribution in [-0.2, 0) is 6.54 Å². The Morgan fingerprint density at radius 1 is 1.30 bits per heavy atom. The van der Waals surface area contributed by atoms with E-state index >= 15 is 0 Å². The molecule has 20 heavy (non-hydrogen) atoms. The van der Waals surface area contributed by atoms with E-state index in [1.807, 2.05) is 0 Å². The molecular weight excluding hydrogens is 277 g/mol. The smallest absolute Gasteiger partial charge is 0.406 e. The summed E-state index contributed by atoms with van der Waals surface area (Å²) in [6.45, 7) is 0.139. The molecule has 1 aromatic carbocycles. The van der Waals surface area contributed by atoms with Crippen molar-refractivity contribution in [2.45, 2.75) is 12.9 Å². The van der Waals surface area contributed by atoms with Gasteiger partial charge in [0.15, 0.2) is 0 Å². The van der Waals surface area contributed by atoms with Crippen LogP contribution in [-0.4, -0.2) is 27.5 Å². The van der Waals surface area contributed by atoms with E-state index in [9.17, 15) is 18.0 Å². The topological polar surface area (TPSA) is 79.9 Å². The third kappa shape index (κ3) is 3.97. The number of hydrogen-bond donors (Lipinski definition) is 2. The van der Waals surface area contributed by atoms with Crippen LogP contribution in [0.1, 0.15) is 16.2 Å². The summed E-state index contributed by atoms with van der Waals surface area (Å²) in [5, 5.41) is 8.50. The van der Waals surface area contributed by atoms with Crippen molar-refractivity contribution in [3.05, 3.63) is 42.0 Å². The van der Waals surface area contributed by atoms with Gasteiger partial charge in [0.25, 0.3) is 5.91 Å². The van der Waals surface area contributed by atoms with Crippen LogP contribution in [0.25, 0.3) is 0 Å². The summed E-state index contributed by atoms with van der Waals surface area (Å²) in [4.78, 5) is 15.2. The number of nitrogens with one attached hydrogen (secondary N) is 2. The fraction of sp³-hybridized carbons (Fsp3) is 0.182. The molecule has 0 aliphatic carbocycles. The zero-order valence-electron chi connectivity index (χ0n) is 9.94. The predicted molar refractivity (Wildman–Crippen MR) is 60.7 cm³/mol. The minimum Gasteiger partial charge on any atom is -0.406 e. The first-order valence-electron chi connectivity index (χ1n) is 5.43. The molecule has 0 radical (unpaired) electrons. The number of aromatic nitrogens is 3. The summed E-state index contributed by atoms with van der Waals surface area (Å²) in [6.07, 6.45) is -3.46. The summed E-state index contributed by atoms with van der Waals surface area (Å²) < 4.78 is 39.6. The van der Waals surface area contributed by atoms with Crippen LogP contribution in [0.2, 0.25) is 0 Å². The van der Waals surface area contributed by atoms with Crippen molar-refractivity contribution in [3.63, 3.8) is 0 Å². The second-order valence-electron chi connectivity index (χ2n) is 3.70. The number of ether oxygens (including phenoxy) is 1. The van der Waals surface area contributed by atoms with Crippen LogP contribution in [0, 0.1) is 0 Å². The molecule has 0 aliphatic heterocycles. The average molecular weight is 286 g/mol. The molecule has 2 rings (SSSR count). The molecule has 6 nitrogen and oxygen atoms in total. The quantitative estimate of drug-likeness (QED) is 0.895. The standard InChI is InChI=1S/C11H9F3N4O2/c12-11(13,14)20-8-3-1-7(2-4-8)5-15-10(19)9-16-6-17-18-9/h1-4,6H,5H2,(H,15,19)(H,16,17,18). The Bertz CT molecular complexity index is 566. The van der Waals surface area contributed by atoms with E-state index in [0.29, 0.717) is 5.56 Å². The molecule has 0 saturated heterocycles. The molecule has 2 N–H and O–H groups in total. The molecular formula is C11H9F3N4O2. The number of hydrogen-bond acceptors (Lipinski definition) is 4. The van der Waals surface area contributed by atoms with E-state index in [0.717, 1.165) is 0 Å². The van der Waals surface area contributed by atoms with E-state index in [4.69, 9.17) is 0 Å². The Kier molecular flexibility index (Phi) is 3.87. The van der Waals surface area contributed by atoms with Gasteiger partial charge in [0.2, 0.25) is 5.82 Å². The monoisotopic (exact) mass is 286 g/mol. The molecule has 2 aromatic rings. The Morgan fingerprint density at radius 2 is 2.00 bits per heavy atom. The Labute approximate surface area is 111 Å². The van der Waals surface area contributed by atoms with Crippen LogP contribution in [0.3, 0.4) is 0 Å². The largest absolute Gasteiger partial charge is 0.573 e. The zero-order chi connectivity index (χ0) is 14.6. The highest BCUT2D eigenvalue weighted by atomic mass is 19.4. The first kappa shape index (κ1) is 13.8. The van der Waals surface area contributed by atoms with Gasteiger partial charge in [-0.2, -0.15) is 0 Å². The highest BCUT2D eigenvalue weighted by Crippen LogP contribution is 2.22. The van der Waals surface area contributed by atoms with E-state index in [-0.39, 0.29) is 18.1 Å². The second kappa shape index (κ2) is 5.59. The number of halogens is 3. The first-order chi connectivity index (χ1) is 9.44. The summed E-state index contributed by atoms with van der Waals surface area (Å²) in [6, 6.07) is 5.17. The van der Waals surface area contributed by atoms with Gasteiger partial charge in [0.1, 0.15) is 12.1 Å². The van der Waals surface area contributed by atoms with Crippen molar-refractivity contribution < 1.29 is 22.7 Å². The lowest BCUT2D eigenvalue weighted by atomic mass is 10.2. The Balaban J connectivity index is 1.89. The maximum absolute atomic E-state index is 12.0. The van der Waals surface area contributed by atoms with Crippen molar-refractivity contribution in [1.82, 2.24) is 20.5 Å². The first-order valence-corrected chi connectivity index (χ1v) is 5.43. The van der Waals surface area contributed by atoms with Gasteiger partial charge in [-0.1, -0.05) is 12.1 Å². The van der Waals surface area contributed by atoms with Gasteiger partial charge in [-0.3, -0.25) is 9.89 Å². The normalized spacial score (nSPS) is 11.2. The number of nitrogens with zero attached hydrogens (tertiary/aromatic N) is 2. The summed E-state index contributed by atoms with van der Waals surface area (Å²) >= 11 is 0. The molecule has 1 amide bonds. The minimum absolute atomic E-state index is 0.0120. The van der Waals surface area contributed by atoms with Crippen LogP contribution in [0.4, 0.5) is 13.2 Å². The lowest BCUT2D eigenvalue weighted by molar-refractivity contribution is -0.274. The number of aromatic amines is 1. The molecule has 0 saturated carbocycles. The molecule has 0 atom stereocenters. The van der Waals surface area contributed by atoms with E-state index in [2.05, 4.69) is 25.2 Å². The van der Waals surface area contributed by atoms with Crippen LogP contribution >= 0.6 is 0 Å². The molecule has 0 bridgehead atoms. The molecule has 0 fully saturated rings. The number of carbonyl (C=O) groups excluding carboxylic acids is 1. The van der Waals surface area contributed by atoms with Crippen molar-refractivity contribution in [2.75, 3.05) is 0 Å².